The molecule has 0 atom stereocenters. The van der Waals surface area contributed by atoms with E-state index < -0.39 is 0 Å². The number of likely N-dealkylation sites (tertiary alicyclic amines) is 1. The normalized spacial score (nSPS) is 16.1. The Hall–Kier alpha value is -1.85. The first-order chi connectivity index (χ1) is 9.58. The number of carbonyl (C=O) groups excluding carboxylic acids is 1. The van der Waals surface area contributed by atoms with Crippen LogP contribution in [-0.2, 0) is 4.74 Å². The van der Waals surface area contributed by atoms with E-state index in [9.17, 15) is 4.79 Å². The molecule has 6 nitrogen and oxygen atoms in total. The Morgan fingerprint density at radius 1 is 1.35 bits per heavy atom. The second-order valence-corrected chi connectivity index (χ2v) is 5.08. The molecule has 1 fully saturated rings. The van der Waals surface area contributed by atoms with E-state index in [2.05, 4.69) is 15.3 Å². The van der Waals surface area contributed by atoms with Crippen molar-refractivity contribution in [2.45, 2.75) is 39.7 Å². The fraction of sp³-hybridized carbons (Fsp3) is 0.643. The van der Waals surface area contributed by atoms with Gasteiger partial charge in [0.2, 0.25) is 5.95 Å². The number of ether oxygens (including phenoxy) is 1. The van der Waals surface area contributed by atoms with E-state index in [0.717, 1.165) is 24.2 Å². The minimum atomic E-state index is -0.214. The van der Waals surface area contributed by atoms with Gasteiger partial charge in [-0.25, -0.2) is 14.8 Å². The van der Waals surface area contributed by atoms with Gasteiger partial charge in [0.25, 0.3) is 0 Å². The average molecular weight is 278 g/mol. The number of carbonyl (C=O) groups is 1. The van der Waals surface area contributed by atoms with Gasteiger partial charge in [0, 0.05) is 30.5 Å². The van der Waals surface area contributed by atoms with Crippen LogP contribution in [0.4, 0.5) is 10.7 Å². The van der Waals surface area contributed by atoms with Crippen molar-refractivity contribution >= 4 is 12.0 Å². The minimum absolute atomic E-state index is 0.214. The molecule has 1 N–H and O–H groups in total. The number of rotatable bonds is 3. The van der Waals surface area contributed by atoms with Crippen LogP contribution < -0.4 is 5.32 Å². The summed E-state index contributed by atoms with van der Waals surface area (Å²) in [7, 11) is 0. The Labute approximate surface area is 119 Å². The van der Waals surface area contributed by atoms with E-state index in [1.807, 2.05) is 26.8 Å². The molecule has 0 saturated carbocycles. The first-order valence-electron chi connectivity index (χ1n) is 7.09. The Morgan fingerprint density at radius 2 is 1.95 bits per heavy atom. The zero-order valence-electron chi connectivity index (χ0n) is 12.3. The van der Waals surface area contributed by atoms with Gasteiger partial charge in [-0.15, -0.1) is 0 Å². The highest BCUT2D eigenvalue weighted by atomic mass is 16.6. The van der Waals surface area contributed by atoms with Crippen LogP contribution in [0.1, 0.15) is 31.2 Å². The first-order valence-corrected chi connectivity index (χ1v) is 7.09. The number of piperidine rings is 1. The lowest BCUT2D eigenvalue weighted by Gasteiger charge is -2.31. The van der Waals surface area contributed by atoms with Crippen LogP contribution in [0, 0.1) is 13.8 Å². The summed E-state index contributed by atoms with van der Waals surface area (Å²) < 4.78 is 5.01. The molecule has 0 spiro atoms. The fourth-order valence-electron chi connectivity index (χ4n) is 2.39. The van der Waals surface area contributed by atoms with Crippen molar-refractivity contribution in [3.8, 4) is 0 Å². The summed E-state index contributed by atoms with van der Waals surface area (Å²) in [5.41, 5.74) is 1.92. The molecule has 110 valence electrons. The van der Waals surface area contributed by atoms with E-state index >= 15 is 0 Å². The van der Waals surface area contributed by atoms with Crippen LogP contribution in [0.15, 0.2) is 6.07 Å². The van der Waals surface area contributed by atoms with E-state index in [1.54, 1.807) is 4.90 Å². The molecule has 0 unspecified atom stereocenters. The van der Waals surface area contributed by atoms with Crippen molar-refractivity contribution < 1.29 is 9.53 Å². The molecule has 1 aromatic heterocycles. The van der Waals surface area contributed by atoms with Crippen LogP contribution in [0.25, 0.3) is 0 Å². The number of hydrogen-bond acceptors (Lipinski definition) is 5. The Kier molecular flexibility index (Phi) is 4.76. The number of aromatic nitrogens is 2. The maximum absolute atomic E-state index is 11.6. The molecule has 2 rings (SSSR count). The zero-order chi connectivity index (χ0) is 14.5. The lowest BCUT2D eigenvalue weighted by Crippen LogP contribution is -2.42. The highest BCUT2D eigenvalue weighted by molar-refractivity contribution is 5.67. The summed E-state index contributed by atoms with van der Waals surface area (Å²) in [5.74, 6) is 0.678. The van der Waals surface area contributed by atoms with Crippen molar-refractivity contribution in [2.75, 3.05) is 25.0 Å². The number of nitrogens with zero attached hydrogens (tertiary/aromatic N) is 3. The molecule has 2 heterocycles. The van der Waals surface area contributed by atoms with Crippen LogP contribution in [0.2, 0.25) is 0 Å². The van der Waals surface area contributed by atoms with Crippen molar-refractivity contribution in [1.82, 2.24) is 14.9 Å². The van der Waals surface area contributed by atoms with Gasteiger partial charge in [-0.3, -0.25) is 0 Å². The molecule has 6 heteroatoms. The molecule has 1 aromatic rings. The van der Waals surface area contributed by atoms with Gasteiger partial charge < -0.3 is 15.0 Å². The fourth-order valence-corrected chi connectivity index (χ4v) is 2.39. The van der Waals surface area contributed by atoms with E-state index in [-0.39, 0.29) is 6.09 Å². The Bertz CT molecular complexity index is 450. The molecular formula is C14H22N4O2. The molecule has 1 aliphatic rings. The van der Waals surface area contributed by atoms with Gasteiger partial charge in [-0.05, 0) is 39.7 Å². The highest BCUT2D eigenvalue weighted by Gasteiger charge is 2.23. The molecule has 1 aliphatic heterocycles. The molecular weight excluding hydrogens is 256 g/mol. The number of aryl methyl sites for hydroxylation is 2. The molecule has 1 amide bonds. The molecule has 1 saturated heterocycles. The quantitative estimate of drug-likeness (QED) is 0.917. The van der Waals surface area contributed by atoms with Gasteiger partial charge in [0.15, 0.2) is 0 Å². The van der Waals surface area contributed by atoms with Gasteiger partial charge in [0.05, 0.1) is 6.61 Å². The number of hydrogen-bond donors (Lipinski definition) is 1. The third kappa shape index (κ3) is 3.82. The van der Waals surface area contributed by atoms with Crippen molar-refractivity contribution in [1.29, 1.82) is 0 Å². The second-order valence-electron chi connectivity index (χ2n) is 5.08. The van der Waals surface area contributed by atoms with Gasteiger partial charge in [0.1, 0.15) is 0 Å². The molecule has 0 bridgehead atoms. The summed E-state index contributed by atoms with van der Waals surface area (Å²) in [6.07, 6.45) is 1.55. The van der Waals surface area contributed by atoms with E-state index in [0.29, 0.717) is 31.7 Å². The smallest absolute Gasteiger partial charge is 0.409 e. The standard InChI is InChI=1S/C14H22N4O2/c1-4-20-14(19)18-7-5-12(6-8-18)17-13-15-10(2)9-11(3)16-13/h9,12H,4-8H2,1-3H3,(H,15,16,17). The molecule has 0 aliphatic carbocycles. The van der Waals surface area contributed by atoms with E-state index in [4.69, 9.17) is 4.74 Å². The van der Waals surface area contributed by atoms with Crippen LogP contribution in [0.3, 0.4) is 0 Å². The summed E-state index contributed by atoms with van der Waals surface area (Å²) in [4.78, 5) is 22.1. The largest absolute Gasteiger partial charge is 0.450 e. The number of amides is 1. The predicted octanol–water partition coefficient (Wildman–Crippen LogP) is 2.13. The predicted molar refractivity (Wildman–Crippen MR) is 76.7 cm³/mol. The van der Waals surface area contributed by atoms with Crippen molar-refractivity contribution in [3.05, 3.63) is 17.5 Å². The third-order valence-corrected chi connectivity index (χ3v) is 3.34. The first kappa shape index (κ1) is 14.6. The lowest BCUT2D eigenvalue weighted by molar-refractivity contribution is 0.0983. The Balaban J connectivity index is 1.86. The molecule has 0 aromatic carbocycles. The summed E-state index contributed by atoms with van der Waals surface area (Å²) in [5, 5.41) is 3.35. The van der Waals surface area contributed by atoms with Crippen molar-refractivity contribution in [2.24, 2.45) is 0 Å². The number of nitrogens with one attached hydrogen (secondary N) is 1. The lowest BCUT2D eigenvalue weighted by atomic mass is 10.1. The Morgan fingerprint density at radius 3 is 2.50 bits per heavy atom. The van der Waals surface area contributed by atoms with Crippen LogP contribution in [-0.4, -0.2) is 46.7 Å². The van der Waals surface area contributed by atoms with Gasteiger partial charge in [-0.2, -0.15) is 0 Å². The van der Waals surface area contributed by atoms with E-state index in [1.165, 1.54) is 0 Å². The maximum Gasteiger partial charge on any atom is 0.409 e. The second kappa shape index (κ2) is 6.54. The SMILES string of the molecule is CCOC(=O)N1CCC(Nc2nc(C)cc(C)n2)CC1. The van der Waals surface area contributed by atoms with Gasteiger partial charge in [-0.1, -0.05) is 0 Å². The minimum Gasteiger partial charge on any atom is -0.450 e. The molecule has 0 radical (unpaired) electrons. The zero-order valence-corrected chi connectivity index (χ0v) is 12.3. The molecule has 20 heavy (non-hydrogen) atoms. The van der Waals surface area contributed by atoms with Gasteiger partial charge >= 0.3 is 6.09 Å². The maximum atomic E-state index is 11.6. The van der Waals surface area contributed by atoms with Crippen molar-refractivity contribution in [3.63, 3.8) is 0 Å². The number of anilines is 1. The average Bonchev–Trinajstić information content (AvgIpc) is 2.38. The third-order valence-electron chi connectivity index (χ3n) is 3.34. The van der Waals surface area contributed by atoms with Crippen LogP contribution in [0.5, 0.6) is 0 Å². The topological polar surface area (TPSA) is 67.3 Å². The monoisotopic (exact) mass is 278 g/mol. The van der Waals surface area contributed by atoms with Crippen LogP contribution >= 0.6 is 0 Å². The summed E-state index contributed by atoms with van der Waals surface area (Å²) in [6.45, 7) is 7.59. The highest BCUT2D eigenvalue weighted by Crippen LogP contribution is 2.15. The summed E-state index contributed by atoms with van der Waals surface area (Å²) >= 11 is 0. The summed E-state index contributed by atoms with van der Waals surface area (Å²) in [6, 6.07) is 2.26.